The van der Waals surface area contributed by atoms with Gasteiger partial charge in [0, 0.05) is 12.5 Å². The van der Waals surface area contributed by atoms with Crippen LogP contribution >= 0.6 is 0 Å². The molecule has 2 saturated carbocycles. The number of carbonyl (C=O) groups is 2. The number of aromatic amines is 2. The van der Waals surface area contributed by atoms with Gasteiger partial charge in [0.15, 0.2) is 0 Å². The van der Waals surface area contributed by atoms with Crippen molar-refractivity contribution in [3.8, 4) is 33.6 Å². The molecule has 5 atom stereocenters. The maximum Gasteiger partial charge on any atom is 0.246 e. The van der Waals surface area contributed by atoms with E-state index >= 15 is 0 Å². The second-order valence-corrected chi connectivity index (χ2v) is 13.0. The Hall–Kier alpha value is -4.20. The van der Waals surface area contributed by atoms with E-state index in [1.807, 2.05) is 31.1 Å². The molecule has 0 radical (unpaired) electrons. The first-order valence-corrected chi connectivity index (χ1v) is 15.8. The van der Waals surface area contributed by atoms with Crippen LogP contribution in [0.5, 0.6) is 0 Å². The lowest BCUT2D eigenvalue weighted by Crippen LogP contribution is -2.48. The van der Waals surface area contributed by atoms with Crippen molar-refractivity contribution in [2.24, 2.45) is 17.8 Å². The summed E-state index contributed by atoms with van der Waals surface area (Å²) in [6, 6.07) is 16.5. The molecule has 222 valence electrons. The SMILES string of the molecule is CC(C)C(NC=O)C(=O)N1CCCC1c1ncc(-c2ccc(-c3ccc(-c4cnc(C5CC6CCC5C6)[nH]4)cc3)cc2)[nH]1. The highest BCUT2D eigenvalue weighted by atomic mass is 16.2. The van der Waals surface area contributed by atoms with Gasteiger partial charge in [-0.15, -0.1) is 0 Å². The summed E-state index contributed by atoms with van der Waals surface area (Å²) in [6.07, 6.45) is 11.7. The highest BCUT2D eigenvalue weighted by Gasteiger charge is 2.41. The van der Waals surface area contributed by atoms with E-state index in [-0.39, 0.29) is 17.9 Å². The number of hydrogen-bond acceptors (Lipinski definition) is 4. The van der Waals surface area contributed by atoms with Crippen molar-refractivity contribution in [3.63, 3.8) is 0 Å². The number of hydrogen-bond donors (Lipinski definition) is 3. The molecule has 3 fully saturated rings. The third kappa shape index (κ3) is 5.28. The smallest absolute Gasteiger partial charge is 0.246 e. The van der Waals surface area contributed by atoms with Crippen molar-refractivity contribution in [2.45, 2.75) is 70.4 Å². The molecule has 2 aromatic carbocycles. The maximum absolute atomic E-state index is 13.2. The largest absolute Gasteiger partial charge is 0.347 e. The van der Waals surface area contributed by atoms with Crippen LogP contribution in [-0.2, 0) is 9.59 Å². The Labute approximate surface area is 252 Å². The van der Waals surface area contributed by atoms with Crippen LogP contribution in [0.25, 0.3) is 33.6 Å². The minimum Gasteiger partial charge on any atom is -0.347 e. The van der Waals surface area contributed by atoms with Crippen molar-refractivity contribution in [1.29, 1.82) is 0 Å². The van der Waals surface area contributed by atoms with Gasteiger partial charge in [-0.2, -0.15) is 0 Å². The van der Waals surface area contributed by atoms with Crippen molar-refractivity contribution in [2.75, 3.05) is 6.54 Å². The number of imidazole rings is 2. The van der Waals surface area contributed by atoms with Crippen molar-refractivity contribution >= 4 is 12.3 Å². The number of H-pyrrole nitrogens is 2. The zero-order chi connectivity index (χ0) is 29.5. The van der Waals surface area contributed by atoms with Crippen LogP contribution in [0, 0.1) is 17.8 Å². The summed E-state index contributed by atoms with van der Waals surface area (Å²) in [5.74, 6) is 4.26. The molecule has 0 spiro atoms. The van der Waals surface area contributed by atoms with E-state index in [1.54, 1.807) is 0 Å². The van der Waals surface area contributed by atoms with Gasteiger partial charge in [0.2, 0.25) is 12.3 Å². The van der Waals surface area contributed by atoms with E-state index in [0.717, 1.165) is 64.1 Å². The van der Waals surface area contributed by atoms with E-state index in [0.29, 0.717) is 18.9 Å². The molecule has 3 N–H and O–H groups in total. The van der Waals surface area contributed by atoms with E-state index in [4.69, 9.17) is 4.98 Å². The number of carbonyl (C=O) groups excluding carboxylic acids is 2. The lowest BCUT2D eigenvalue weighted by atomic mass is 9.88. The topological polar surface area (TPSA) is 107 Å². The highest BCUT2D eigenvalue weighted by Crippen LogP contribution is 2.52. The molecule has 8 nitrogen and oxygen atoms in total. The molecule has 4 aromatic rings. The number of rotatable bonds is 9. The van der Waals surface area contributed by atoms with Crippen molar-refractivity contribution in [1.82, 2.24) is 30.2 Å². The summed E-state index contributed by atoms with van der Waals surface area (Å²) >= 11 is 0. The maximum atomic E-state index is 13.2. The fourth-order valence-electron chi connectivity index (χ4n) is 7.70. The second-order valence-electron chi connectivity index (χ2n) is 13.0. The van der Waals surface area contributed by atoms with Gasteiger partial charge in [-0.3, -0.25) is 9.59 Å². The standard InChI is InChI=1S/C35H40N6O2/c1-21(2)32(38-20-42)35(43)41-15-3-4-31(41)34-37-19-30(40-34)26-13-9-24(10-14-26)23-7-11-25(12-8-23)29-18-36-33(39-29)28-17-22-5-6-27(28)16-22/h7-14,18-22,27-28,31-32H,3-6,15-17H2,1-2H3,(H,36,39)(H,37,40)(H,38,42). The molecule has 1 saturated heterocycles. The molecular formula is C35H40N6O2. The molecule has 2 aromatic heterocycles. The van der Waals surface area contributed by atoms with Crippen LogP contribution in [0.3, 0.4) is 0 Å². The van der Waals surface area contributed by atoms with Gasteiger partial charge in [0.1, 0.15) is 17.7 Å². The number of amides is 2. The fraction of sp³-hybridized carbons (Fsp3) is 0.429. The van der Waals surface area contributed by atoms with Crippen LogP contribution in [-0.4, -0.2) is 49.7 Å². The third-order valence-electron chi connectivity index (χ3n) is 10.0. The first kappa shape index (κ1) is 27.6. The van der Waals surface area contributed by atoms with Crippen LogP contribution < -0.4 is 5.32 Å². The minimum absolute atomic E-state index is 0.0100. The van der Waals surface area contributed by atoms with Gasteiger partial charge in [0.25, 0.3) is 0 Å². The van der Waals surface area contributed by atoms with Gasteiger partial charge in [-0.25, -0.2) is 9.97 Å². The predicted molar refractivity (Wildman–Crippen MR) is 167 cm³/mol. The van der Waals surface area contributed by atoms with E-state index in [9.17, 15) is 9.59 Å². The van der Waals surface area contributed by atoms with Gasteiger partial charge in [-0.05, 0) is 72.1 Å². The lowest BCUT2D eigenvalue weighted by molar-refractivity contribution is -0.137. The molecule has 5 unspecified atom stereocenters. The average molecular weight is 577 g/mol. The average Bonchev–Trinajstić information content (AvgIpc) is 3.87. The number of aromatic nitrogens is 4. The molecule has 7 rings (SSSR count). The number of benzene rings is 2. The first-order valence-electron chi connectivity index (χ1n) is 15.8. The minimum atomic E-state index is -0.530. The highest BCUT2D eigenvalue weighted by molar-refractivity contribution is 5.84. The Morgan fingerprint density at radius 3 is 2.02 bits per heavy atom. The number of nitrogens with zero attached hydrogens (tertiary/aromatic N) is 3. The molecule has 3 aliphatic rings. The summed E-state index contributed by atoms with van der Waals surface area (Å²) in [6.45, 7) is 4.56. The Morgan fingerprint density at radius 1 is 0.860 bits per heavy atom. The van der Waals surface area contributed by atoms with Crippen molar-refractivity contribution < 1.29 is 9.59 Å². The van der Waals surface area contributed by atoms with E-state index in [1.165, 1.54) is 31.5 Å². The Morgan fingerprint density at radius 2 is 1.47 bits per heavy atom. The molecule has 8 heteroatoms. The van der Waals surface area contributed by atoms with Gasteiger partial charge in [-0.1, -0.05) is 68.8 Å². The number of fused-ring (bicyclic) bond motifs is 2. The summed E-state index contributed by atoms with van der Waals surface area (Å²) in [7, 11) is 0. The van der Waals surface area contributed by atoms with Crippen LogP contribution in [0.4, 0.5) is 0 Å². The quantitative estimate of drug-likeness (QED) is 0.199. The zero-order valence-corrected chi connectivity index (χ0v) is 24.9. The molecule has 43 heavy (non-hydrogen) atoms. The van der Waals surface area contributed by atoms with Gasteiger partial charge >= 0.3 is 0 Å². The molecular weight excluding hydrogens is 536 g/mol. The van der Waals surface area contributed by atoms with Crippen molar-refractivity contribution in [3.05, 3.63) is 72.6 Å². The summed E-state index contributed by atoms with van der Waals surface area (Å²) in [5.41, 5.74) is 6.54. The van der Waals surface area contributed by atoms with Crippen LogP contribution in [0.15, 0.2) is 60.9 Å². The molecule has 2 aliphatic carbocycles. The normalized spacial score (nSPS) is 23.7. The molecule has 3 heterocycles. The monoisotopic (exact) mass is 576 g/mol. The molecule has 2 amide bonds. The van der Waals surface area contributed by atoms with Crippen LogP contribution in [0.2, 0.25) is 0 Å². The first-order chi connectivity index (χ1) is 21.0. The van der Waals surface area contributed by atoms with Gasteiger partial charge in [0.05, 0.1) is 29.8 Å². The zero-order valence-electron chi connectivity index (χ0n) is 24.9. The van der Waals surface area contributed by atoms with Crippen LogP contribution in [0.1, 0.15) is 76.0 Å². The van der Waals surface area contributed by atoms with Gasteiger partial charge < -0.3 is 20.2 Å². The van der Waals surface area contributed by atoms with E-state index < -0.39 is 6.04 Å². The molecule has 1 aliphatic heterocycles. The number of likely N-dealkylation sites (tertiary alicyclic amines) is 1. The summed E-state index contributed by atoms with van der Waals surface area (Å²) in [5, 5.41) is 2.70. The fourth-order valence-corrected chi connectivity index (χ4v) is 7.70. The number of nitrogens with one attached hydrogen (secondary N) is 3. The second kappa shape index (κ2) is 11.5. The van der Waals surface area contributed by atoms with E-state index in [2.05, 4.69) is 68.8 Å². The Kier molecular flexibility index (Phi) is 7.37. The summed E-state index contributed by atoms with van der Waals surface area (Å²) < 4.78 is 0. The lowest BCUT2D eigenvalue weighted by Gasteiger charge is -2.29. The Balaban J connectivity index is 1.02. The predicted octanol–water partition coefficient (Wildman–Crippen LogP) is 6.47. The Bertz CT molecular complexity index is 1590. The summed E-state index contributed by atoms with van der Waals surface area (Å²) in [4.78, 5) is 42.7. The third-order valence-corrected chi connectivity index (χ3v) is 10.0. The molecule has 2 bridgehead atoms.